The Balaban J connectivity index is 0.000000145. The predicted molar refractivity (Wildman–Crippen MR) is 211 cm³/mol. The van der Waals surface area contributed by atoms with E-state index in [0.717, 1.165) is 49.0 Å². The maximum atomic E-state index is 4.47. The first-order valence-electron chi connectivity index (χ1n) is 16.4. The summed E-state index contributed by atoms with van der Waals surface area (Å²) in [5.41, 5.74) is 8.92. The molecule has 4 aromatic carbocycles. The number of aromatic nitrogens is 5. The van der Waals surface area contributed by atoms with Gasteiger partial charge in [0.25, 0.3) is 0 Å². The third-order valence-electron chi connectivity index (χ3n) is 8.41. The Morgan fingerprint density at radius 1 is 0.600 bits per heavy atom. The molecule has 0 aliphatic heterocycles. The van der Waals surface area contributed by atoms with Gasteiger partial charge in [0.2, 0.25) is 0 Å². The van der Waals surface area contributed by atoms with Gasteiger partial charge in [-0.05, 0) is 66.9 Å². The Morgan fingerprint density at radius 2 is 1.16 bits per heavy atom. The molecule has 0 aliphatic carbocycles. The Morgan fingerprint density at radius 3 is 1.78 bits per heavy atom. The van der Waals surface area contributed by atoms with Crippen molar-refractivity contribution in [2.45, 2.75) is 19.9 Å². The highest BCUT2D eigenvalue weighted by Gasteiger charge is 2.14. The van der Waals surface area contributed by atoms with Gasteiger partial charge in [0.1, 0.15) is 18.5 Å². The number of anilines is 3. The fraction of sp³-hybridized carbons (Fsp3) is 0.0732. The largest absolute Gasteiger partial charge is 0.362 e. The van der Waals surface area contributed by atoms with Crippen LogP contribution in [0, 0.1) is 6.92 Å². The fourth-order valence-electron chi connectivity index (χ4n) is 5.91. The molecule has 9 rings (SSSR count). The predicted octanol–water partition coefficient (Wildman–Crippen LogP) is 11.4. The number of aromatic amines is 1. The zero-order valence-electron chi connectivity index (χ0n) is 27.5. The molecule has 0 spiro atoms. The average molecular weight is 688 g/mol. The molecule has 0 fully saturated rings. The molecule has 0 bridgehead atoms. The van der Waals surface area contributed by atoms with Crippen LogP contribution in [0.2, 0.25) is 0 Å². The number of aryl methyl sites for hydroxylation is 1. The van der Waals surface area contributed by atoms with E-state index in [1.54, 1.807) is 35.3 Å². The quantitative estimate of drug-likeness (QED) is 0.154. The van der Waals surface area contributed by atoms with Gasteiger partial charge in [-0.3, -0.25) is 0 Å². The molecule has 50 heavy (non-hydrogen) atoms. The van der Waals surface area contributed by atoms with Crippen molar-refractivity contribution in [1.29, 1.82) is 0 Å². The minimum absolute atomic E-state index is 0.187. The topological polar surface area (TPSA) is 91.4 Å². The van der Waals surface area contributed by atoms with Crippen LogP contribution < -0.4 is 10.6 Å². The van der Waals surface area contributed by atoms with E-state index in [4.69, 9.17) is 0 Å². The molecule has 3 N–H and O–H groups in total. The van der Waals surface area contributed by atoms with Crippen molar-refractivity contribution in [3.63, 3.8) is 0 Å². The lowest BCUT2D eigenvalue weighted by Gasteiger charge is -2.15. The summed E-state index contributed by atoms with van der Waals surface area (Å²) in [6, 6.07) is 44.1. The zero-order valence-corrected chi connectivity index (χ0v) is 29.1. The van der Waals surface area contributed by atoms with Crippen LogP contribution >= 0.6 is 22.7 Å². The Kier molecular flexibility index (Phi) is 8.73. The van der Waals surface area contributed by atoms with E-state index in [2.05, 4.69) is 159 Å². The van der Waals surface area contributed by atoms with Crippen molar-refractivity contribution in [3.8, 4) is 20.9 Å². The molecule has 244 valence electrons. The first-order valence-corrected chi connectivity index (χ1v) is 18.0. The number of nitrogens with one attached hydrogen (secondary N) is 3. The number of hydrogen-bond acceptors (Lipinski definition) is 8. The van der Waals surface area contributed by atoms with Crippen LogP contribution in [-0.4, -0.2) is 24.9 Å². The van der Waals surface area contributed by atoms with Gasteiger partial charge in [-0.2, -0.15) is 0 Å². The monoisotopic (exact) mass is 687 g/mol. The minimum atomic E-state index is 0.187. The van der Waals surface area contributed by atoms with Gasteiger partial charge in [-0.15, -0.1) is 22.7 Å². The van der Waals surface area contributed by atoms with Crippen LogP contribution in [0.5, 0.6) is 0 Å². The third kappa shape index (κ3) is 6.69. The average Bonchev–Trinajstić information content (AvgIpc) is 3.90. The number of H-pyrrole nitrogens is 1. The number of hydrogen-bond donors (Lipinski definition) is 3. The maximum Gasteiger partial charge on any atom is 0.151 e. The first-order chi connectivity index (χ1) is 24.6. The van der Waals surface area contributed by atoms with Gasteiger partial charge in [-0.1, -0.05) is 91.0 Å². The van der Waals surface area contributed by atoms with Gasteiger partial charge < -0.3 is 15.6 Å². The van der Waals surface area contributed by atoms with Crippen molar-refractivity contribution in [2.75, 3.05) is 10.6 Å². The zero-order chi connectivity index (χ0) is 33.9. The normalized spacial score (nSPS) is 11.7. The first kappa shape index (κ1) is 31.4. The molecule has 0 amide bonds. The minimum Gasteiger partial charge on any atom is -0.362 e. The molecule has 0 saturated heterocycles. The molecule has 0 aliphatic rings. The molecule has 1 atom stereocenters. The van der Waals surface area contributed by atoms with Gasteiger partial charge in [-0.25, -0.2) is 19.9 Å². The van der Waals surface area contributed by atoms with E-state index >= 15 is 0 Å². The van der Waals surface area contributed by atoms with Crippen LogP contribution in [0.1, 0.15) is 24.2 Å². The summed E-state index contributed by atoms with van der Waals surface area (Å²) >= 11 is 3.44. The Labute approximate surface area is 297 Å². The highest BCUT2D eigenvalue weighted by atomic mass is 32.1. The third-order valence-corrected chi connectivity index (χ3v) is 10.8. The smallest absolute Gasteiger partial charge is 0.151 e. The molecule has 1 unspecified atom stereocenters. The highest BCUT2D eigenvalue weighted by molar-refractivity contribution is 7.23. The lowest BCUT2D eigenvalue weighted by Crippen LogP contribution is -2.07. The number of thiophene rings is 2. The SMILES string of the molecule is CC(Nc1ncnc2cc(-c3ccccc3)sc12)c1ccccc1.Cc1cc2cc(Nc3ncnc4cc(-c5ccccc5)sc34)ccc2[nH]1. The molecular weight excluding hydrogens is 655 g/mol. The number of benzene rings is 4. The van der Waals surface area contributed by atoms with E-state index in [1.165, 1.54) is 31.8 Å². The second-order valence-corrected chi connectivity index (χ2v) is 14.1. The number of fused-ring (bicyclic) bond motifs is 3. The van der Waals surface area contributed by atoms with Gasteiger partial charge in [0.15, 0.2) is 5.82 Å². The molecule has 0 saturated carbocycles. The lowest BCUT2D eigenvalue weighted by molar-refractivity contribution is 0.876. The van der Waals surface area contributed by atoms with E-state index < -0.39 is 0 Å². The summed E-state index contributed by atoms with van der Waals surface area (Å²) in [5, 5.41) is 8.17. The Bertz CT molecular complexity index is 2520. The van der Waals surface area contributed by atoms with Crippen molar-refractivity contribution >= 4 is 71.3 Å². The van der Waals surface area contributed by atoms with Gasteiger partial charge in [0, 0.05) is 38.1 Å². The molecule has 5 aromatic heterocycles. The van der Waals surface area contributed by atoms with E-state index in [1.807, 2.05) is 18.2 Å². The summed E-state index contributed by atoms with van der Waals surface area (Å²) in [6.45, 7) is 4.22. The molecular formula is C41H33N7S2. The Hall–Kier alpha value is -5.90. The van der Waals surface area contributed by atoms with Crippen LogP contribution in [0.15, 0.2) is 140 Å². The van der Waals surface area contributed by atoms with Crippen LogP contribution in [-0.2, 0) is 0 Å². The van der Waals surface area contributed by atoms with Crippen molar-refractivity contribution in [3.05, 3.63) is 151 Å². The number of rotatable bonds is 7. The molecule has 5 heterocycles. The highest BCUT2D eigenvalue weighted by Crippen LogP contribution is 2.38. The summed E-state index contributed by atoms with van der Waals surface area (Å²) in [7, 11) is 0. The lowest BCUT2D eigenvalue weighted by atomic mass is 10.1. The molecule has 0 radical (unpaired) electrons. The van der Waals surface area contributed by atoms with Crippen LogP contribution in [0.4, 0.5) is 17.3 Å². The summed E-state index contributed by atoms with van der Waals surface area (Å²) in [4.78, 5) is 23.6. The van der Waals surface area contributed by atoms with E-state index in [0.29, 0.717) is 0 Å². The molecule has 7 nitrogen and oxygen atoms in total. The van der Waals surface area contributed by atoms with Crippen molar-refractivity contribution < 1.29 is 0 Å². The van der Waals surface area contributed by atoms with E-state index in [-0.39, 0.29) is 6.04 Å². The van der Waals surface area contributed by atoms with Crippen LogP contribution in [0.3, 0.4) is 0 Å². The fourth-order valence-corrected chi connectivity index (χ4v) is 8.04. The summed E-state index contributed by atoms with van der Waals surface area (Å²) in [5.74, 6) is 1.73. The standard InChI is InChI=1S/C21H16N4S.C20H17N3S/c1-13-9-15-10-16(7-8-17(15)24-13)25-21-20-18(22-12-23-21)11-19(26-20)14-5-3-2-4-6-14;1-14(15-8-4-2-5-9-15)23-20-19-17(21-13-22-20)12-18(24-19)16-10-6-3-7-11-16/h2-12,24H,1H3,(H,22,23,25);2-14H,1H3,(H,21,22,23). The second kappa shape index (κ2) is 13.9. The summed E-state index contributed by atoms with van der Waals surface area (Å²) in [6.07, 6.45) is 3.25. The number of nitrogens with zero attached hydrogens (tertiary/aromatic N) is 4. The van der Waals surface area contributed by atoms with Gasteiger partial charge >= 0.3 is 0 Å². The van der Waals surface area contributed by atoms with Crippen LogP contribution in [0.25, 0.3) is 52.2 Å². The van der Waals surface area contributed by atoms with Gasteiger partial charge in [0.05, 0.1) is 20.4 Å². The maximum absolute atomic E-state index is 4.47. The summed E-state index contributed by atoms with van der Waals surface area (Å²) < 4.78 is 2.16. The second-order valence-electron chi connectivity index (χ2n) is 12.0. The molecule has 9 aromatic rings. The van der Waals surface area contributed by atoms with E-state index in [9.17, 15) is 0 Å². The van der Waals surface area contributed by atoms with Crippen molar-refractivity contribution in [1.82, 2.24) is 24.9 Å². The molecule has 9 heteroatoms. The van der Waals surface area contributed by atoms with Crippen molar-refractivity contribution in [2.24, 2.45) is 0 Å².